The number of hydrazine groups is 1. The number of rotatable bonds is 1. The Kier molecular flexibility index (Phi) is 2.11. The maximum atomic E-state index is 5.53. The molecule has 0 aromatic rings. The zero-order chi connectivity index (χ0) is 7.68. The second kappa shape index (κ2) is 3.09. The Balaban J connectivity index is 2.04. The molecule has 11 heavy (non-hydrogen) atoms. The molecule has 3 fully saturated rings. The summed E-state index contributed by atoms with van der Waals surface area (Å²) in [5, 5.41) is 2.32. The summed E-state index contributed by atoms with van der Waals surface area (Å²) in [6.07, 6.45) is 2.65. The van der Waals surface area contributed by atoms with Gasteiger partial charge < -0.3 is 4.74 Å². The van der Waals surface area contributed by atoms with Gasteiger partial charge in [-0.05, 0) is 25.8 Å². The molecule has 1 N–H and O–H groups in total. The van der Waals surface area contributed by atoms with Gasteiger partial charge in [-0.2, -0.15) is 0 Å². The number of ether oxygens (including phenoxy) is 1. The molecule has 0 aromatic carbocycles. The standard InChI is InChI=1S/C8H16N2O/c1-9-10-4-7-2-3-8(10)6-11-5-7/h7-9H,2-6H2,1H3. The lowest BCUT2D eigenvalue weighted by atomic mass is 9.97. The highest BCUT2D eigenvalue weighted by atomic mass is 16.5. The number of fused-ring (bicyclic) bond motifs is 4. The van der Waals surface area contributed by atoms with Crippen LogP contribution in [-0.2, 0) is 4.74 Å². The van der Waals surface area contributed by atoms with E-state index < -0.39 is 0 Å². The second-order valence-electron chi connectivity index (χ2n) is 3.51. The summed E-state index contributed by atoms with van der Waals surface area (Å²) in [7, 11) is 2.00. The van der Waals surface area contributed by atoms with Gasteiger partial charge in [0.25, 0.3) is 0 Å². The van der Waals surface area contributed by atoms with Crippen LogP contribution in [0, 0.1) is 5.92 Å². The van der Waals surface area contributed by atoms with Gasteiger partial charge in [0.15, 0.2) is 0 Å². The zero-order valence-corrected chi connectivity index (χ0v) is 7.05. The molecule has 64 valence electrons. The minimum Gasteiger partial charge on any atom is -0.379 e. The molecule has 0 spiro atoms. The fraction of sp³-hybridized carbons (Fsp3) is 1.00. The number of piperidine rings is 1. The predicted octanol–water partition coefficient (Wildman–Crippen LogP) is 0.232. The van der Waals surface area contributed by atoms with E-state index in [0.29, 0.717) is 6.04 Å². The summed E-state index contributed by atoms with van der Waals surface area (Å²) in [5.41, 5.74) is 3.23. The summed E-state index contributed by atoms with van der Waals surface area (Å²) >= 11 is 0. The van der Waals surface area contributed by atoms with Gasteiger partial charge in [0.2, 0.25) is 0 Å². The van der Waals surface area contributed by atoms with Crippen LogP contribution in [0.3, 0.4) is 0 Å². The van der Waals surface area contributed by atoms with Crippen LogP contribution in [0.1, 0.15) is 12.8 Å². The molecule has 0 aliphatic carbocycles. The summed E-state index contributed by atoms with van der Waals surface area (Å²) in [6, 6.07) is 0.624. The molecule has 3 saturated heterocycles. The molecule has 0 amide bonds. The summed E-state index contributed by atoms with van der Waals surface area (Å²) in [5.74, 6) is 0.765. The fourth-order valence-corrected chi connectivity index (χ4v) is 2.06. The van der Waals surface area contributed by atoms with Gasteiger partial charge >= 0.3 is 0 Å². The van der Waals surface area contributed by atoms with Crippen LogP contribution in [0.5, 0.6) is 0 Å². The minimum atomic E-state index is 0.624. The van der Waals surface area contributed by atoms with E-state index in [4.69, 9.17) is 4.74 Å². The van der Waals surface area contributed by atoms with Gasteiger partial charge in [-0.25, -0.2) is 5.01 Å². The van der Waals surface area contributed by atoms with Crippen LogP contribution < -0.4 is 5.43 Å². The molecule has 3 rings (SSSR count). The summed E-state index contributed by atoms with van der Waals surface area (Å²) < 4.78 is 5.53. The van der Waals surface area contributed by atoms with E-state index in [1.165, 1.54) is 19.4 Å². The highest BCUT2D eigenvalue weighted by Crippen LogP contribution is 2.24. The zero-order valence-electron chi connectivity index (χ0n) is 7.05. The highest BCUT2D eigenvalue weighted by Gasteiger charge is 2.30. The summed E-state index contributed by atoms with van der Waals surface area (Å²) in [4.78, 5) is 0. The van der Waals surface area contributed by atoms with Crippen LogP contribution in [0.4, 0.5) is 0 Å². The average Bonchev–Trinajstić information content (AvgIpc) is 2.37. The van der Waals surface area contributed by atoms with E-state index in [-0.39, 0.29) is 0 Å². The Hall–Kier alpha value is -0.120. The Labute approximate surface area is 67.7 Å². The third-order valence-corrected chi connectivity index (χ3v) is 2.75. The maximum absolute atomic E-state index is 5.53. The third kappa shape index (κ3) is 1.41. The van der Waals surface area contributed by atoms with Crippen molar-refractivity contribution >= 4 is 0 Å². The van der Waals surface area contributed by atoms with Crippen molar-refractivity contribution in [1.29, 1.82) is 0 Å². The first-order valence-electron chi connectivity index (χ1n) is 4.42. The molecular formula is C8H16N2O. The lowest BCUT2D eigenvalue weighted by molar-refractivity contribution is 0.0726. The minimum absolute atomic E-state index is 0.624. The Morgan fingerprint density at radius 2 is 2.27 bits per heavy atom. The van der Waals surface area contributed by atoms with E-state index in [2.05, 4.69) is 10.4 Å². The maximum Gasteiger partial charge on any atom is 0.0635 e. The first-order chi connectivity index (χ1) is 5.40. The predicted molar refractivity (Wildman–Crippen MR) is 43.1 cm³/mol. The second-order valence-corrected chi connectivity index (χ2v) is 3.51. The van der Waals surface area contributed by atoms with Crippen molar-refractivity contribution in [3.63, 3.8) is 0 Å². The number of hydrogen-bond acceptors (Lipinski definition) is 3. The molecule has 3 aliphatic heterocycles. The molecule has 3 aliphatic rings. The van der Waals surface area contributed by atoms with Crippen molar-refractivity contribution in [3.05, 3.63) is 0 Å². The number of nitrogens with zero attached hydrogens (tertiary/aromatic N) is 1. The quantitative estimate of drug-likeness (QED) is 0.588. The van der Waals surface area contributed by atoms with Crippen molar-refractivity contribution in [2.45, 2.75) is 18.9 Å². The smallest absolute Gasteiger partial charge is 0.0635 e. The SMILES string of the molecule is CNN1CC2CCC1COC2. The molecule has 3 nitrogen and oxygen atoms in total. The number of hydrogen-bond donors (Lipinski definition) is 1. The van der Waals surface area contributed by atoms with Crippen LogP contribution in [0.2, 0.25) is 0 Å². The van der Waals surface area contributed by atoms with Crippen LogP contribution in [-0.4, -0.2) is 37.9 Å². The average molecular weight is 156 g/mol. The van der Waals surface area contributed by atoms with E-state index in [0.717, 1.165) is 19.1 Å². The normalized spacial score (nSPS) is 39.0. The molecule has 2 atom stereocenters. The van der Waals surface area contributed by atoms with Crippen molar-refractivity contribution in [2.75, 3.05) is 26.8 Å². The van der Waals surface area contributed by atoms with Gasteiger partial charge in [-0.3, -0.25) is 5.43 Å². The third-order valence-electron chi connectivity index (χ3n) is 2.75. The van der Waals surface area contributed by atoms with Gasteiger partial charge in [0, 0.05) is 12.6 Å². The van der Waals surface area contributed by atoms with Gasteiger partial charge in [0.05, 0.1) is 13.2 Å². The van der Waals surface area contributed by atoms with Gasteiger partial charge in [-0.15, -0.1) is 0 Å². The van der Waals surface area contributed by atoms with Crippen molar-refractivity contribution in [2.24, 2.45) is 5.92 Å². The molecular weight excluding hydrogens is 140 g/mol. The van der Waals surface area contributed by atoms with E-state index in [1.54, 1.807) is 0 Å². The Morgan fingerprint density at radius 1 is 1.36 bits per heavy atom. The van der Waals surface area contributed by atoms with Crippen LogP contribution in [0.25, 0.3) is 0 Å². The largest absolute Gasteiger partial charge is 0.379 e. The Bertz CT molecular complexity index is 136. The van der Waals surface area contributed by atoms with E-state index in [1.807, 2.05) is 7.05 Å². The lowest BCUT2D eigenvalue weighted by Crippen LogP contribution is -2.49. The van der Waals surface area contributed by atoms with Crippen LogP contribution >= 0.6 is 0 Å². The Morgan fingerprint density at radius 3 is 3.09 bits per heavy atom. The molecule has 2 bridgehead atoms. The highest BCUT2D eigenvalue weighted by molar-refractivity contribution is 4.81. The molecule has 0 radical (unpaired) electrons. The van der Waals surface area contributed by atoms with Gasteiger partial charge in [-0.1, -0.05) is 0 Å². The van der Waals surface area contributed by atoms with Crippen molar-refractivity contribution in [3.8, 4) is 0 Å². The molecule has 0 aromatic heterocycles. The molecule has 3 heterocycles. The van der Waals surface area contributed by atoms with Crippen molar-refractivity contribution < 1.29 is 4.74 Å². The van der Waals surface area contributed by atoms with E-state index >= 15 is 0 Å². The first kappa shape index (κ1) is 7.53. The monoisotopic (exact) mass is 156 g/mol. The van der Waals surface area contributed by atoms with Crippen molar-refractivity contribution in [1.82, 2.24) is 10.4 Å². The van der Waals surface area contributed by atoms with E-state index in [9.17, 15) is 0 Å². The number of nitrogens with one attached hydrogen (secondary N) is 1. The lowest BCUT2D eigenvalue weighted by Gasteiger charge is -2.34. The van der Waals surface area contributed by atoms with Gasteiger partial charge in [0.1, 0.15) is 0 Å². The first-order valence-corrected chi connectivity index (χ1v) is 4.42. The molecule has 2 unspecified atom stereocenters. The molecule has 3 heteroatoms. The molecule has 0 saturated carbocycles. The van der Waals surface area contributed by atoms with Crippen LogP contribution in [0.15, 0.2) is 0 Å². The summed E-state index contributed by atoms with van der Waals surface area (Å²) in [6.45, 7) is 3.05. The topological polar surface area (TPSA) is 24.5 Å². The fourth-order valence-electron chi connectivity index (χ4n) is 2.06.